The van der Waals surface area contributed by atoms with Gasteiger partial charge in [-0.05, 0) is 68.2 Å². The number of carbonyl (C=O) groups excluding carboxylic acids is 1. The van der Waals surface area contributed by atoms with E-state index in [9.17, 15) is 4.79 Å². The van der Waals surface area contributed by atoms with Crippen molar-refractivity contribution in [3.8, 4) is 0 Å². The number of carbonyl (C=O) groups is 1. The van der Waals surface area contributed by atoms with Gasteiger partial charge in [0.15, 0.2) is 0 Å². The Morgan fingerprint density at radius 1 is 0.939 bits per heavy atom. The zero-order chi connectivity index (χ0) is 22.7. The third-order valence-electron chi connectivity index (χ3n) is 7.60. The predicted octanol–water partition coefficient (Wildman–Crippen LogP) is 4.50. The van der Waals surface area contributed by atoms with Gasteiger partial charge in [-0.25, -0.2) is 9.97 Å². The third kappa shape index (κ3) is 4.70. The summed E-state index contributed by atoms with van der Waals surface area (Å²) in [5.41, 5.74) is 2.17. The van der Waals surface area contributed by atoms with E-state index >= 15 is 0 Å². The number of pyridine rings is 1. The number of likely N-dealkylation sites (tertiary alicyclic amines) is 1. The number of para-hydroxylation sites is 1. The molecule has 2 saturated heterocycles. The Kier molecular flexibility index (Phi) is 6.25. The minimum atomic E-state index is -0.285. The van der Waals surface area contributed by atoms with Gasteiger partial charge in [-0.1, -0.05) is 25.1 Å². The average molecular weight is 444 g/mol. The maximum atomic E-state index is 13.6. The van der Waals surface area contributed by atoms with Gasteiger partial charge in [0, 0.05) is 55.6 Å². The molecule has 2 aromatic heterocycles. The first-order valence-corrected chi connectivity index (χ1v) is 12.3. The van der Waals surface area contributed by atoms with E-state index in [-0.39, 0.29) is 5.41 Å². The van der Waals surface area contributed by atoms with Gasteiger partial charge in [0.25, 0.3) is 0 Å². The standard InChI is InChI=1S/C27H33N5O/c1-27(11-18-32(19-12-27)26-29-13-5-14-30-26)25(33)31-16-4-6-21(10-17-31)20-22-9-15-28-24-8-3-2-7-23(22)24/h2-3,5,7-9,13-15,21H,4,6,10-12,16-20H2,1H3/t21-/m1/s1. The first kappa shape index (κ1) is 21.8. The van der Waals surface area contributed by atoms with Crippen molar-refractivity contribution >= 4 is 22.8 Å². The summed E-state index contributed by atoms with van der Waals surface area (Å²) in [6, 6.07) is 12.4. The molecular formula is C27H33N5O. The fourth-order valence-electron chi connectivity index (χ4n) is 5.47. The van der Waals surface area contributed by atoms with Gasteiger partial charge in [0.05, 0.1) is 5.52 Å². The normalized spacial score (nSPS) is 21.1. The van der Waals surface area contributed by atoms with Crippen molar-refractivity contribution in [2.75, 3.05) is 31.1 Å². The molecule has 0 aliphatic carbocycles. The van der Waals surface area contributed by atoms with Crippen molar-refractivity contribution in [2.45, 2.75) is 45.4 Å². The lowest BCUT2D eigenvalue weighted by atomic mass is 9.79. The molecule has 0 radical (unpaired) electrons. The number of benzene rings is 1. The van der Waals surface area contributed by atoms with Crippen molar-refractivity contribution < 1.29 is 4.79 Å². The van der Waals surface area contributed by atoms with Gasteiger partial charge in [0.2, 0.25) is 11.9 Å². The molecule has 2 aliphatic rings. The van der Waals surface area contributed by atoms with Crippen molar-refractivity contribution in [2.24, 2.45) is 11.3 Å². The third-order valence-corrected chi connectivity index (χ3v) is 7.60. The maximum absolute atomic E-state index is 13.6. The summed E-state index contributed by atoms with van der Waals surface area (Å²) in [4.78, 5) is 31.2. The van der Waals surface area contributed by atoms with Gasteiger partial charge in [-0.2, -0.15) is 0 Å². The highest BCUT2D eigenvalue weighted by Gasteiger charge is 2.40. The lowest BCUT2D eigenvalue weighted by molar-refractivity contribution is -0.142. The number of piperidine rings is 1. The van der Waals surface area contributed by atoms with E-state index in [0.717, 1.165) is 69.7 Å². The van der Waals surface area contributed by atoms with Crippen LogP contribution in [0, 0.1) is 11.3 Å². The Morgan fingerprint density at radius 3 is 2.55 bits per heavy atom. The van der Waals surface area contributed by atoms with Crippen molar-refractivity contribution in [3.63, 3.8) is 0 Å². The van der Waals surface area contributed by atoms with Crippen LogP contribution in [0.2, 0.25) is 0 Å². The van der Waals surface area contributed by atoms with Gasteiger partial charge in [-0.15, -0.1) is 0 Å². The van der Waals surface area contributed by atoms with E-state index in [1.807, 2.05) is 18.3 Å². The minimum Gasteiger partial charge on any atom is -0.342 e. The Balaban J connectivity index is 1.20. The van der Waals surface area contributed by atoms with Crippen LogP contribution in [0.25, 0.3) is 10.9 Å². The van der Waals surface area contributed by atoms with Crippen LogP contribution < -0.4 is 4.90 Å². The maximum Gasteiger partial charge on any atom is 0.228 e. The zero-order valence-corrected chi connectivity index (χ0v) is 19.5. The molecule has 0 saturated carbocycles. The molecule has 6 nitrogen and oxygen atoms in total. The highest BCUT2D eigenvalue weighted by Crippen LogP contribution is 2.35. The summed E-state index contributed by atoms with van der Waals surface area (Å²) in [6.07, 6.45) is 11.6. The number of hydrogen-bond acceptors (Lipinski definition) is 5. The van der Waals surface area contributed by atoms with Crippen molar-refractivity contribution in [1.82, 2.24) is 19.9 Å². The number of amides is 1. The Bertz CT molecular complexity index is 1090. The molecule has 0 N–H and O–H groups in total. The topological polar surface area (TPSA) is 62.2 Å². The molecule has 6 heteroatoms. The summed E-state index contributed by atoms with van der Waals surface area (Å²) in [5.74, 6) is 1.72. The van der Waals surface area contributed by atoms with E-state index in [2.05, 4.69) is 55.9 Å². The quantitative estimate of drug-likeness (QED) is 0.594. The fraction of sp³-hybridized carbons (Fsp3) is 0.481. The Morgan fingerprint density at radius 2 is 1.73 bits per heavy atom. The number of aromatic nitrogens is 3. The second-order valence-electron chi connectivity index (χ2n) is 9.88. The molecule has 1 amide bonds. The van der Waals surface area contributed by atoms with Gasteiger partial charge in [-0.3, -0.25) is 9.78 Å². The molecule has 1 aromatic carbocycles. The first-order valence-electron chi connectivity index (χ1n) is 12.3. The number of fused-ring (bicyclic) bond motifs is 1. The summed E-state index contributed by atoms with van der Waals surface area (Å²) >= 11 is 0. The van der Waals surface area contributed by atoms with Crippen LogP contribution in [-0.4, -0.2) is 51.9 Å². The van der Waals surface area contributed by atoms with Crippen LogP contribution in [0.15, 0.2) is 55.0 Å². The van der Waals surface area contributed by atoms with E-state index in [1.165, 1.54) is 17.4 Å². The molecular weight excluding hydrogens is 410 g/mol. The van der Waals surface area contributed by atoms with E-state index in [4.69, 9.17) is 0 Å². The molecule has 1 atom stereocenters. The molecule has 33 heavy (non-hydrogen) atoms. The van der Waals surface area contributed by atoms with Crippen molar-refractivity contribution in [3.05, 3.63) is 60.6 Å². The van der Waals surface area contributed by atoms with Crippen LogP contribution in [0.4, 0.5) is 5.95 Å². The Hall–Kier alpha value is -3.02. The molecule has 0 spiro atoms. The molecule has 2 aliphatic heterocycles. The SMILES string of the molecule is CC1(C(=O)N2CCC[C@@H](Cc3ccnc4ccccc34)CC2)CCN(c2ncccn2)CC1. The minimum absolute atomic E-state index is 0.285. The van der Waals surface area contributed by atoms with E-state index in [1.54, 1.807) is 12.4 Å². The smallest absolute Gasteiger partial charge is 0.228 e. The van der Waals surface area contributed by atoms with E-state index in [0.29, 0.717) is 11.8 Å². The molecule has 5 rings (SSSR count). The van der Waals surface area contributed by atoms with Gasteiger partial charge >= 0.3 is 0 Å². The van der Waals surface area contributed by atoms with Gasteiger partial charge in [0.1, 0.15) is 0 Å². The van der Waals surface area contributed by atoms with E-state index < -0.39 is 0 Å². The lowest BCUT2D eigenvalue weighted by Crippen LogP contribution is -2.49. The summed E-state index contributed by atoms with van der Waals surface area (Å²) in [6.45, 7) is 5.57. The highest BCUT2D eigenvalue weighted by atomic mass is 16.2. The fourth-order valence-corrected chi connectivity index (χ4v) is 5.47. The molecule has 3 aromatic rings. The van der Waals surface area contributed by atoms with Crippen LogP contribution in [0.1, 0.15) is 44.6 Å². The number of rotatable bonds is 4. The molecule has 0 bridgehead atoms. The number of nitrogens with zero attached hydrogens (tertiary/aromatic N) is 5. The highest BCUT2D eigenvalue weighted by molar-refractivity contribution is 5.83. The van der Waals surface area contributed by atoms with Gasteiger partial charge < -0.3 is 9.80 Å². The summed E-state index contributed by atoms with van der Waals surface area (Å²) in [7, 11) is 0. The van der Waals surface area contributed by atoms with Crippen LogP contribution in [-0.2, 0) is 11.2 Å². The van der Waals surface area contributed by atoms with Crippen LogP contribution >= 0.6 is 0 Å². The molecule has 0 unspecified atom stereocenters. The molecule has 4 heterocycles. The second kappa shape index (κ2) is 9.46. The van der Waals surface area contributed by atoms with Crippen LogP contribution in [0.3, 0.4) is 0 Å². The summed E-state index contributed by atoms with van der Waals surface area (Å²) in [5, 5.41) is 1.26. The summed E-state index contributed by atoms with van der Waals surface area (Å²) < 4.78 is 0. The predicted molar refractivity (Wildman–Crippen MR) is 131 cm³/mol. The second-order valence-corrected chi connectivity index (χ2v) is 9.88. The Labute approximate surface area is 196 Å². The molecule has 172 valence electrons. The average Bonchev–Trinajstić information content (AvgIpc) is 3.10. The largest absolute Gasteiger partial charge is 0.342 e. The first-order chi connectivity index (χ1) is 16.1. The lowest BCUT2D eigenvalue weighted by Gasteiger charge is -2.41. The monoisotopic (exact) mass is 443 g/mol. The van der Waals surface area contributed by atoms with Crippen LogP contribution in [0.5, 0.6) is 0 Å². The number of hydrogen-bond donors (Lipinski definition) is 0. The number of anilines is 1. The zero-order valence-electron chi connectivity index (χ0n) is 19.5. The molecule has 2 fully saturated rings. The van der Waals surface area contributed by atoms with Crippen molar-refractivity contribution in [1.29, 1.82) is 0 Å².